The number of ether oxygens (including phenoxy) is 2. The third-order valence-corrected chi connectivity index (χ3v) is 13.6. The van der Waals surface area contributed by atoms with Crippen LogP contribution >= 0.6 is 25.5 Å². The normalized spacial score (nSPS) is 13.1. The summed E-state index contributed by atoms with van der Waals surface area (Å²) in [4.78, 5) is 38.3. The van der Waals surface area contributed by atoms with Gasteiger partial charge < -0.3 is 24.5 Å². The van der Waals surface area contributed by atoms with Gasteiger partial charge in [0.2, 0.25) is 6.41 Å². The fraction of sp³-hybridized carbons (Fsp3) is 0.325. The molecule has 2 saturated heterocycles. The molecule has 0 aromatic heterocycles. The first kappa shape index (κ1) is 48.0. The van der Waals surface area contributed by atoms with Crippen LogP contribution in [0.25, 0.3) is 0 Å². The number of hydrogen-bond donors (Lipinski definition) is 1. The molecule has 2 fully saturated rings. The standard InChI is InChI=1S/C29H31NP2.C5H9NO2.C4H9NO.CO2.CHO.ClH.Ru.H2.H/c1-30(22-24-31(26-14-6-2-7-15-26)27-16-8-3-9-17-27)23-25-32(28-18-10-4-11-19-28)29-20-12-5-13-21-29;7-5-6-1-3-8-4-2-6;1-3-6-4-2-5-1;2-1-3;1-2;;;;/h2-21H,22-25H2,1H3;5H,1-4H2;5H,1-4H2;;1H;1H;;1H;/q;;;;-1;;+3;;/p+1. The number of nitrogens with zero attached hydrogens (tertiary/aromatic N) is 2. The van der Waals surface area contributed by atoms with Crippen molar-refractivity contribution in [3.05, 3.63) is 121 Å². The Morgan fingerprint density at radius 3 is 1.23 bits per heavy atom. The van der Waals surface area contributed by atoms with Gasteiger partial charge in [-0.3, -0.25) is 16.5 Å². The molecule has 288 valence electrons. The van der Waals surface area contributed by atoms with Crippen LogP contribution in [-0.4, -0.2) is 114 Å². The minimum atomic E-state index is -0.769. The molecule has 6 rings (SSSR count). The van der Waals surface area contributed by atoms with E-state index in [-0.39, 0.29) is 7.58 Å². The molecule has 0 aliphatic carbocycles. The molecular weight excluding hydrogens is 817 g/mol. The fourth-order valence-corrected chi connectivity index (χ4v) is 10.8. The van der Waals surface area contributed by atoms with Gasteiger partial charge in [-0.2, -0.15) is 9.59 Å². The molecule has 0 bridgehead atoms. The van der Waals surface area contributed by atoms with Crippen LogP contribution < -0.4 is 26.5 Å². The van der Waals surface area contributed by atoms with Gasteiger partial charge in [0, 0.05) is 40.7 Å². The summed E-state index contributed by atoms with van der Waals surface area (Å²) in [5.74, 6) is 0. The monoisotopic (exact) mass is 872 g/mol. The van der Waals surface area contributed by atoms with Gasteiger partial charge in [-0.05, 0) is 55.6 Å². The summed E-state index contributed by atoms with van der Waals surface area (Å²) in [5, 5.41) is 9.20. The second-order valence-corrected chi connectivity index (χ2v) is 16.6. The minimum Gasteiger partial charge on any atom is 0 e. The Morgan fingerprint density at radius 2 is 1.00 bits per heavy atom. The molecule has 13 heteroatoms. The van der Waals surface area contributed by atoms with Crippen LogP contribution in [0.1, 0.15) is 1.43 Å². The van der Waals surface area contributed by atoms with Gasteiger partial charge in [0.05, 0.1) is 75.8 Å². The molecule has 2 aliphatic rings. The van der Waals surface area contributed by atoms with Crippen LogP contribution in [0.15, 0.2) is 121 Å². The van der Waals surface area contributed by atoms with Crippen LogP contribution in [0.5, 0.6) is 0 Å². The number of rotatable bonds is 11. The zero-order chi connectivity index (χ0) is 38.8. The first-order chi connectivity index (χ1) is 26.2. The Labute approximate surface area is 333 Å². The van der Waals surface area contributed by atoms with Crippen molar-refractivity contribution >= 4 is 66.1 Å². The number of carbonyl (C=O) groups is 1. The van der Waals surface area contributed by atoms with E-state index in [2.05, 4.69) is 155 Å². The maximum absolute atomic E-state index is 10.0. The van der Waals surface area contributed by atoms with Crippen LogP contribution in [0.4, 0.5) is 0 Å². The number of hydrogen-bond acceptors (Lipinski definition) is 8. The van der Waals surface area contributed by atoms with Gasteiger partial charge in [-0.15, -0.1) is 0 Å². The Hall–Kier alpha value is -2.99. The van der Waals surface area contributed by atoms with Crippen LogP contribution in [-0.2, 0) is 46.0 Å². The first-order valence-electron chi connectivity index (χ1n) is 17.2. The number of morpholine rings is 2. The maximum atomic E-state index is 10.0. The number of halogens is 1. The molecule has 4 aromatic rings. The summed E-state index contributed by atoms with van der Waals surface area (Å²) in [6.45, 7) is 12.2. The van der Waals surface area contributed by atoms with Gasteiger partial charge in [0.25, 0.3) is 0 Å². The van der Waals surface area contributed by atoms with E-state index < -0.39 is 15.8 Å². The van der Waals surface area contributed by atoms with Crippen molar-refractivity contribution in [2.75, 3.05) is 85.1 Å². The van der Waals surface area contributed by atoms with E-state index in [9.17, 15) is 4.79 Å². The van der Waals surface area contributed by atoms with Gasteiger partial charge >= 0.3 is 33.2 Å². The van der Waals surface area contributed by atoms with Crippen molar-refractivity contribution in [1.29, 1.82) is 0 Å². The fourth-order valence-electron chi connectivity index (χ4n) is 5.38. The van der Waals surface area contributed by atoms with Gasteiger partial charge in [-0.25, -0.2) is 0 Å². The second-order valence-electron chi connectivity index (χ2n) is 11.4. The van der Waals surface area contributed by atoms with Crippen molar-refractivity contribution in [3.8, 4) is 0 Å². The van der Waals surface area contributed by atoms with E-state index in [1.165, 1.54) is 33.5 Å². The second kappa shape index (κ2) is 33.6. The summed E-state index contributed by atoms with van der Waals surface area (Å²) in [6, 6.07) is 44.4. The van der Waals surface area contributed by atoms with Gasteiger partial charge in [0.1, 0.15) is 0 Å². The molecule has 0 unspecified atom stereocenters. The van der Waals surface area contributed by atoms with E-state index >= 15 is 0 Å². The Morgan fingerprint density at radius 1 is 0.698 bits per heavy atom. The molecular formula is C40H55ClN3O6P2Ru+3. The minimum absolute atomic E-state index is 0. The van der Waals surface area contributed by atoms with E-state index in [0.717, 1.165) is 58.9 Å². The van der Waals surface area contributed by atoms with E-state index in [0.29, 0.717) is 13.2 Å². The van der Waals surface area contributed by atoms with E-state index in [4.69, 9.17) is 23.9 Å². The predicted molar refractivity (Wildman–Crippen MR) is 221 cm³/mol. The third-order valence-electron chi connectivity index (χ3n) is 8.02. The SMILES string of the molecule is C1COCCN1.CN(CC[PH+](c1ccccc1)c1ccccc1)CC[PH+](c1ccccc1)c1ccccc1.O=C=O.O=CN1CCOCC1.[CH-]=O.[Cl][RuH+2].[HH]. The number of amides is 1. The molecule has 2 heterocycles. The molecule has 53 heavy (non-hydrogen) atoms. The summed E-state index contributed by atoms with van der Waals surface area (Å²) in [5.41, 5.74) is 0. The average molecular weight is 872 g/mol. The number of nitrogens with one attached hydrogen (secondary N) is 1. The van der Waals surface area contributed by atoms with Crippen LogP contribution in [0.3, 0.4) is 0 Å². The quantitative estimate of drug-likeness (QED) is 0.106. The molecule has 1 amide bonds. The Bertz CT molecular complexity index is 1290. The molecule has 4 aromatic carbocycles. The van der Waals surface area contributed by atoms with Crippen molar-refractivity contribution in [3.63, 3.8) is 0 Å². The maximum Gasteiger partial charge on any atom is 0 e. The molecule has 0 saturated carbocycles. The Balaban J connectivity index is 0.00000104. The largest absolute Gasteiger partial charge is 0 e. The average Bonchev–Trinajstić information content (AvgIpc) is 3.26. The van der Waals surface area contributed by atoms with Crippen molar-refractivity contribution in [2.24, 2.45) is 0 Å². The van der Waals surface area contributed by atoms with Crippen LogP contribution in [0.2, 0.25) is 0 Å². The van der Waals surface area contributed by atoms with Crippen molar-refractivity contribution < 1.29 is 47.4 Å². The smallest absolute Gasteiger partial charge is 0 e. The molecule has 2 aliphatic heterocycles. The molecule has 0 atom stereocenters. The predicted octanol–water partition coefficient (Wildman–Crippen LogP) is 3.54. The molecule has 1 N–H and O–H groups in total. The molecule has 0 spiro atoms. The zero-order valence-corrected chi connectivity index (χ0v) is 34.9. The summed E-state index contributed by atoms with van der Waals surface area (Å²) >= 11 is 1.62. The molecule has 9 nitrogen and oxygen atoms in total. The van der Waals surface area contributed by atoms with E-state index in [1.807, 2.05) is 0 Å². The van der Waals surface area contributed by atoms with Crippen LogP contribution in [0, 0.1) is 0 Å². The first-order valence-corrected chi connectivity index (χ1v) is 23.0. The van der Waals surface area contributed by atoms with E-state index in [1.54, 1.807) is 22.2 Å². The summed E-state index contributed by atoms with van der Waals surface area (Å²) in [6.07, 6.45) is 3.57. The van der Waals surface area contributed by atoms with Crippen molar-refractivity contribution in [1.82, 2.24) is 15.1 Å². The molecule has 0 radical (unpaired) electrons. The number of benzene rings is 4. The third kappa shape index (κ3) is 21.5. The van der Waals surface area contributed by atoms with Gasteiger partial charge in [-0.1, -0.05) is 72.8 Å². The van der Waals surface area contributed by atoms with Gasteiger partial charge in [0.15, 0.2) is 0 Å². The summed E-state index contributed by atoms with van der Waals surface area (Å²) < 4.78 is 10.0. The Kier molecular flexibility index (Phi) is 30.4. The summed E-state index contributed by atoms with van der Waals surface area (Å²) in [7, 11) is 5.37. The zero-order valence-electron chi connectivity index (χ0n) is 30.3. The number of carbonyl (C=O) groups excluding carboxylic acids is 4. The van der Waals surface area contributed by atoms with Crippen molar-refractivity contribution in [2.45, 2.75) is 0 Å². The topological polar surface area (TPSA) is 105 Å².